The van der Waals surface area contributed by atoms with E-state index in [9.17, 15) is 0 Å². The molecule has 3 aliphatic carbocycles. The molecule has 4 rings (SSSR count). The van der Waals surface area contributed by atoms with Gasteiger partial charge in [-0.1, -0.05) is 106 Å². The van der Waals surface area contributed by atoms with Crippen LogP contribution in [0.15, 0.2) is 36.4 Å². The number of allylic oxidation sites excluding steroid dienone is 4. The van der Waals surface area contributed by atoms with Crippen LogP contribution in [0.25, 0.3) is 0 Å². The SMILES string of the molecule is [CH2-]c1c(C2CCCCC2)cc(CC2C=CC=CCC2)cc1C1CCCCC1. The van der Waals surface area contributed by atoms with E-state index in [0.717, 1.165) is 11.8 Å². The summed E-state index contributed by atoms with van der Waals surface area (Å²) in [6.07, 6.45) is 26.9. The molecule has 2 fully saturated rings. The molecule has 0 spiro atoms. The third-order valence-electron chi connectivity index (χ3n) is 7.30. The molecule has 0 aromatic heterocycles. The van der Waals surface area contributed by atoms with Crippen molar-refractivity contribution in [2.24, 2.45) is 5.92 Å². The van der Waals surface area contributed by atoms with Crippen LogP contribution in [0.1, 0.15) is 111 Å². The highest BCUT2D eigenvalue weighted by molar-refractivity contribution is 5.45. The molecule has 0 aliphatic heterocycles. The van der Waals surface area contributed by atoms with Crippen LogP contribution in [-0.4, -0.2) is 0 Å². The van der Waals surface area contributed by atoms with Crippen LogP contribution in [0.2, 0.25) is 0 Å². The topological polar surface area (TPSA) is 0 Å². The Hall–Kier alpha value is -1.43. The molecule has 0 radical (unpaired) electrons. The minimum Gasteiger partial charge on any atom is -0.198 e. The summed E-state index contributed by atoms with van der Waals surface area (Å²) in [5.41, 5.74) is 6.22. The molecular formula is C27H37-. The molecule has 0 amide bonds. The third kappa shape index (κ3) is 4.71. The van der Waals surface area contributed by atoms with E-state index in [1.807, 2.05) is 0 Å². The maximum absolute atomic E-state index is 4.65. The highest BCUT2D eigenvalue weighted by Crippen LogP contribution is 2.41. The predicted molar refractivity (Wildman–Crippen MR) is 117 cm³/mol. The molecule has 1 aromatic carbocycles. The first kappa shape index (κ1) is 18.9. The smallest absolute Gasteiger partial charge is 0.0188 e. The lowest BCUT2D eigenvalue weighted by Gasteiger charge is -2.35. The highest BCUT2D eigenvalue weighted by atomic mass is 14.3. The zero-order valence-corrected chi connectivity index (χ0v) is 17.1. The van der Waals surface area contributed by atoms with Crippen LogP contribution in [0, 0.1) is 12.8 Å². The van der Waals surface area contributed by atoms with Crippen LogP contribution in [0.3, 0.4) is 0 Å². The minimum absolute atomic E-state index is 0.689. The summed E-state index contributed by atoms with van der Waals surface area (Å²) in [6.45, 7) is 4.65. The number of hydrogen-bond acceptors (Lipinski definition) is 0. The lowest BCUT2D eigenvalue weighted by Crippen LogP contribution is -2.13. The van der Waals surface area contributed by atoms with Gasteiger partial charge in [-0.2, -0.15) is 12.5 Å². The summed E-state index contributed by atoms with van der Waals surface area (Å²) < 4.78 is 0. The van der Waals surface area contributed by atoms with Crippen molar-refractivity contribution in [2.45, 2.75) is 95.3 Å². The molecule has 3 aliphatic rings. The first-order chi connectivity index (χ1) is 13.3. The van der Waals surface area contributed by atoms with E-state index in [1.54, 1.807) is 16.7 Å². The summed E-state index contributed by atoms with van der Waals surface area (Å²) in [5, 5.41) is 0. The standard InChI is InChI=1S/C27H37/c1-21-26(24-14-8-4-9-15-24)19-23(18-22-12-6-2-3-7-13-22)20-27(21)25-16-10-5-11-17-25/h2-3,6,12,19-20,22,24-25H,1,4-5,7-11,13-18H2/q-1. The number of hydrogen-bond donors (Lipinski definition) is 0. The van der Waals surface area contributed by atoms with Crippen LogP contribution >= 0.6 is 0 Å². The lowest BCUT2D eigenvalue weighted by molar-refractivity contribution is 0.433. The maximum atomic E-state index is 4.65. The van der Waals surface area contributed by atoms with Crippen molar-refractivity contribution < 1.29 is 0 Å². The normalized spacial score (nSPS) is 24.8. The zero-order valence-electron chi connectivity index (χ0n) is 17.1. The van der Waals surface area contributed by atoms with E-state index in [1.165, 1.54) is 89.0 Å². The van der Waals surface area contributed by atoms with Crippen molar-refractivity contribution in [3.8, 4) is 0 Å². The quantitative estimate of drug-likeness (QED) is 0.476. The van der Waals surface area contributed by atoms with Gasteiger partial charge in [0.25, 0.3) is 0 Å². The largest absolute Gasteiger partial charge is 0.198 e. The second-order valence-electron chi connectivity index (χ2n) is 9.28. The summed E-state index contributed by atoms with van der Waals surface area (Å²) >= 11 is 0. The molecule has 0 N–H and O–H groups in total. The van der Waals surface area contributed by atoms with Gasteiger partial charge in [0, 0.05) is 0 Å². The molecule has 1 atom stereocenters. The summed E-state index contributed by atoms with van der Waals surface area (Å²) in [7, 11) is 0. The monoisotopic (exact) mass is 361 g/mol. The molecule has 146 valence electrons. The fourth-order valence-corrected chi connectivity index (χ4v) is 5.73. The third-order valence-corrected chi connectivity index (χ3v) is 7.30. The maximum Gasteiger partial charge on any atom is -0.0188 e. The van der Waals surface area contributed by atoms with Gasteiger partial charge in [-0.3, -0.25) is 0 Å². The molecule has 0 saturated heterocycles. The average molecular weight is 362 g/mol. The van der Waals surface area contributed by atoms with Gasteiger partial charge in [0.2, 0.25) is 0 Å². The first-order valence-corrected chi connectivity index (χ1v) is 11.6. The van der Waals surface area contributed by atoms with Crippen LogP contribution < -0.4 is 0 Å². The van der Waals surface area contributed by atoms with Gasteiger partial charge < -0.3 is 0 Å². The lowest BCUT2D eigenvalue weighted by atomic mass is 9.75. The average Bonchev–Trinajstić information content (AvgIpc) is 2.99. The van der Waals surface area contributed by atoms with Crippen molar-refractivity contribution in [2.75, 3.05) is 0 Å². The Bertz CT molecular complexity index is 626. The molecule has 27 heavy (non-hydrogen) atoms. The Morgan fingerprint density at radius 1 is 0.741 bits per heavy atom. The molecule has 0 heterocycles. The fourth-order valence-electron chi connectivity index (χ4n) is 5.73. The molecule has 1 aromatic rings. The zero-order chi connectivity index (χ0) is 18.5. The van der Waals surface area contributed by atoms with Crippen molar-refractivity contribution in [1.29, 1.82) is 0 Å². The number of benzene rings is 1. The Balaban J connectivity index is 1.64. The van der Waals surface area contributed by atoms with Crippen LogP contribution in [-0.2, 0) is 6.42 Å². The fraction of sp³-hybridized carbons (Fsp3) is 0.593. The van der Waals surface area contributed by atoms with Crippen molar-refractivity contribution in [3.05, 3.63) is 65.6 Å². The van der Waals surface area contributed by atoms with Gasteiger partial charge >= 0.3 is 0 Å². The van der Waals surface area contributed by atoms with Gasteiger partial charge in [-0.15, -0.1) is 23.3 Å². The second-order valence-corrected chi connectivity index (χ2v) is 9.28. The van der Waals surface area contributed by atoms with E-state index in [2.05, 4.69) is 43.4 Å². The van der Waals surface area contributed by atoms with Crippen molar-refractivity contribution in [3.63, 3.8) is 0 Å². The summed E-state index contributed by atoms with van der Waals surface area (Å²) in [6, 6.07) is 5.13. The second kappa shape index (κ2) is 9.18. The molecular weight excluding hydrogens is 324 g/mol. The molecule has 1 unspecified atom stereocenters. The predicted octanol–water partition coefficient (Wildman–Crippen LogP) is 8.03. The Kier molecular flexibility index (Phi) is 6.43. The molecule has 0 bridgehead atoms. The van der Waals surface area contributed by atoms with Gasteiger partial charge in [0.05, 0.1) is 0 Å². The van der Waals surface area contributed by atoms with Gasteiger partial charge in [0.1, 0.15) is 0 Å². The molecule has 0 nitrogen and oxygen atoms in total. The Morgan fingerprint density at radius 2 is 1.33 bits per heavy atom. The molecule has 2 saturated carbocycles. The van der Waals surface area contributed by atoms with Crippen LogP contribution in [0.4, 0.5) is 0 Å². The van der Waals surface area contributed by atoms with E-state index in [0.29, 0.717) is 5.92 Å². The summed E-state index contributed by atoms with van der Waals surface area (Å²) in [4.78, 5) is 0. The Morgan fingerprint density at radius 3 is 1.93 bits per heavy atom. The van der Waals surface area contributed by atoms with Crippen molar-refractivity contribution in [1.82, 2.24) is 0 Å². The van der Waals surface area contributed by atoms with E-state index in [-0.39, 0.29) is 0 Å². The van der Waals surface area contributed by atoms with Gasteiger partial charge in [-0.25, -0.2) is 0 Å². The summed E-state index contributed by atoms with van der Waals surface area (Å²) in [5.74, 6) is 2.22. The first-order valence-electron chi connectivity index (χ1n) is 11.6. The molecule has 0 heteroatoms. The Labute approximate surface area is 167 Å². The van der Waals surface area contributed by atoms with E-state index < -0.39 is 0 Å². The van der Waals surface area contributed by atoms with E-state index >= 15 is 0 Å². The van der Waals surface area contributed by atoms with E-state index in [4.69, 9.17) is 0 Å². The highest BCUT2D eigenvalue weighted by Gasteiger charge is 2.19. The van der Waals surface area contributed by atoms with Gasteiger partial charge in [-0.05, 0) is 25.2 Å². The minimum atomic E-state index is 0.689. The van der Waals surface area contributed by atoms with Crippen LogP contribution in [0.5, 0.6) is 0 Å². The van der Waals surface area contributed by atoms with Crippen molar-refractivity contribution >= 4 is 0 Å². The van der Waals surface area contributed by atoms with Gasteiger partial charge in [0.15, 0.2) is 0 Å². The number of rotatable bonds is 4.